The molecule has 18 heteroatoms. The van der Waals surface area contributed by atoms with Gasteiger partial charge in [-0.05, 0) is 37.1 Å². The van der Waals surface area contributed by atoms with Gasteiger partial charge in [0.2, 0.25) is 0 Å². The molecule has 0 saturated heterocycles. The number of rotatable bonds is 21. The largest absolute Gasteiger partial charge is 0.488 e. The maximum atomic E-state index is 13.2. The number of hydrogen-bond donors (Lipinski definition) is 4. The molecule has 6 aromatic rings. The topological polar surface area (TPSA) is 209 Å². The minimum Gasteiger partial charge on any atom is -0.488 e. The minimum atomic E-state index is -0.473. The van der Waals surface area contributed by atoms with Crippen LogP contribution in [0.4, 0.5) is 0 Å². The van der Waals surface area contributed by atoms with E-state index in [0.717, 1.165) is 0 Å². The average Bonchev–Trinajstić information content (AvgIpc) is 3.33. The Bertz CT molecular complexity index is 2610. The molecule has 338 valence electrons. The molecule has 4 N–H and O–H groups in total. The van der Waals surface area contributed by atoms with E-state index < -0.39 is 11.8 Å². The third kappa shape index (κ3) is 12.8. The molecule has 66 heavy (non-hydrogen) atoms. The summed E-state index contributed by atoms with van der Waals surface area (Å²) >= 11 is 27.4. The first-order valence-electron chi connectivity index (χ1n) is 20.2. The molecule has 2 aromatic heterocycles. The number of aliphatic hydroxyl groups excluding tert-OH is 2. The van der Waals surface area contributed by atoms with Crippen LogP contribution in [0.1, 0.15) is 66.9 Å². The predicted octanol–water partition coefficient (Wildman–Crippen LogP) is 9.04. The molecule has 0 fully saturated rings. The molecular formula is C48H40Cl4N6O8. The Hall–Kier alpha value is -6.62. The van der Waals surface area contributed by atoms with Crippen LogP contribution in [0.2, 0.25) is 20.1 Å². The molecule has 2 amide bonds. The van der Waals surface area contributed by atoms with Crippen molar-refractivity contribution in [1.29, 1.82) is 10.5 Å². The van der Waals surface area contributed by atoms with Gasteiger partial charge in [0.25, 0.3) is 11.8 Å². The van der Waals surface area contributed by atoms with Gasteiger partial charge in [-0.25, -0.2) is 0 Å². The summed E-state index contributed by atoms with van der Waals surface area (Å²) in [7, 11) is 0. The summed E-state index contributed by atoms with van der Waals surface area (Å²) in [6, 6.07) is 24.0. The Labute approximate surface area is 400 Å². The van der Waals surface area contributed by atoms with E-state index >= 15 is 0 Å². The summed E-state index contributed by atoms with van der Waals surface area (Å²) in [5, 5.41) is 43.4. The first kappa shape index (κ1) is 48.8. The van der Waals surface area contributed by atoms with Crippen molar-refractivity contribution in [2.45, 2.75) is 39.3 Å². The van der Waals surface area contributed by atoms with Crippen LogP contribution in [0.5, 0.6) is 23.0 Å². The molecule has 0 atom stereocenters. The number of carbonyl (C=O) groups is 2. The highest BCUT2D eigenvalue weighted by Crippen LogP contribution is 2.40. The Morgan fingerprint density at radius 2 is 0.970 bits per heavy atom. The molecular weight excluding hydrogens is 930 g/mol. The van der Waals surface area contributed by atoms with E-state index in [9.17, 15) is 30.3 Å². The number of benzene rings is 4. The Balaban J connectivity index is 1.20. The number of pyridine rings is 2. The van der Waals surface area contributed by atoms with Crippen molar-refractivity contribution in [3.63, 3.8) is 0 Å². The molecule has 0 bridgehead atoms. The number of nitrogens with zero attached hydrogens (tertiary/aromatic N) is 4. The zero-order chi connectivity index (χ0) is 47.0. The van der Waals surface area contributed by atoms with Gasteiger partial charge in [-0.3, -0.25) is 19.6 Å². The van der Waals surface area contributed by atoms with E-state index in [0.29, 0.717) is 67.4 Å². The number of ether oxygens (including phenoxy) is 4. The van der Waals surface area contributed by atoms with Gasteiger partial charge in [0, 0.05) is 96.6 Å². The number of nitriles is 2. The van der Waals surface area contributed by atoms with E-state index in [1.165, 1.54) is 36.7 Å². The second-order valence-corrected chi connectivity index (χ2v) is 15.9. The fourth-order valence-electron chi connectivity index (χ4n) is 6.32. The molecule has 0 unspecified atom stereocenters. The number of amides is 2. The van der Waals surface area contributed by atoms with Gasteiger partial charge in [0.15, 0.2) is 0 Å². The standard InChI is InChI=1S/C48H40Cl4N6O8/c49-39-15-37(47(61)57-9-3-11-59)41(63-25-31-13-29(19-53)21-55-23-31)17-43(39)65-27-33-5-1-7-35(45(33)51)36-8-2-6-34(46(36)52)28-66-44-18-42(64-26-32-14-30(20-54)22-56-24-32)38(16-40(44)50)48(62)58-10-4-12-60/h1-2,5-8,13-18,21-24,59-60H,3-4,9-12,25-28H2,(H,57,61)(H,58,62). The number of carbonyl (C=O) groups excluding carboxylic acids is 2. The number of halogens is 4. The van der Waals surface area contributed by atoms with Gasteiger partial charge in [0.1, 0.15) is 61.6 Å². The van der Waals surface area contributed by atoms with Gasteiger partial charge < -0.3 is 39.8 Å². The zero-order valence-electron chi connectivity index (χ0n) is 35.0. The number of nitrogens with one attached hydrogen (secondary N) is 2. The van der Waals surface area contributed by atoms with Crippen LogP contribution in [0, 0.1) is 22.7 Å². The molecule has 6 rings (SSSR count). The Morgan fingerprint density at radius 3 is 1.36 bits per heavy atom. The van der Waals surface area contributed by atoms with Crippen LogP contribution in [0.3, 0.4) is 0 Å². The van der Waals surface area contributed by atoms with Gasteiger partial charge >= 0.3 is 0 Å². The highest BCUT2D eigenvalue weighted by Gasteiger charge is 2.21. The van der Waals surface area contributed by atoms with Crippen molar-refractivity contribution in [2.75, 3.05) is 26.3 Å². The molecule has 0 aliphatic rings. The number of hydrogen-bond acceptors (Lipinski definition) is 12. The zero-order valence-corrected chi connectivity index (χ0v) is 38.0. The quantitative estimate of drug-likeness (QED) is 0.0498. The summed E-state index contributed by atoms with van der Waals surface area (Å²) in [5.74, 6) is -0.226. The van der Waals surface area contributed by atoms with Crippen LogP contribution in [-0.4, -0.2) is 58.3 Å². The number of aliphatic hydroxyl groups is 2. The normalized spacial score (nSPS) is 10.7. The molecule has 0 saturated carbocycles. The second-order valence-electron chi connectivity index (χ2n) is 14.3. The average molecular weight is 971 g/mol. The molecule has 0 spiro atoms. The lowest BCUT2D eigenvalue weighted by Crippen LogP contribution is -2.25. The Morgan fingerprint density at radius 1 is 0.561 bits per heavy atom. The smallest absolute Gasteiger partial charge is 0.255 e. The summed E-state index contributed by atoms with van der Waals surface area (Å²) in [6.07, 6.45) is 6.65. The minimum absolute atomic E-state index is 0.0159. The van der Waals surface area contributed by atoms with Crippen molar-refractivity contribution in [3.05, 3.63) is 162 Å². The molecule has 14 nitrogen and oxygen atoms in total. The van der Waals surface area contributed by atoms with Crippen LogP contribution in [-0.2, 0) is 26.4 Å². The second kappa shape index (κ2) is 24.1. The monoisotopic (exact) mass is 968 g/mol. The van der Waals surface area contributed by atoms with E-state index in [4.69, 9.17) is 65.4 Å². The van der Waals surface area contributed by atoms with Gasteiger partial charge in [0.05, 0.1) is 42.3 Å². The third-order valence-electron chi connectivity index (χ3n) is 9.65. The third-order valence-corrected chi connectivity index (χ3v) is 11.1. The summed E-state index contributed by atoms with van der Waals surface area (Å²) in [4.78, 5) is 34.5. The Kier molecular flexibility index (Phi) is 17.8. The van der Waals surface area contributed by atoms with Crippen LogP contribution in [0.15, 0.2) is 97.6 Å². The maximum Gasteiger partial charge on any atom is 0.255 e. The maximum absolute atomic E-state index is 13.2. The SMILES string of the molecule is N#Cc1cncc(COc2cc(OCc3cccc(-c4cccc(COc5cc(OCc6cncc(C#N)c6)c(C(=O)NCCCO)cc5Cl)c4Cl)c3Cl)c(Cl)cc2C(=O)NCCCO)c1. The summed E-state index contributed by atoms with van der Waals surface area (Å²) < 4.78 is 24.5. The fraction of sp³-hybridized carbons (Fsp3) is 0.208. The van der Waals surface area contributed by atoms with Crippen molar-refractivity contribution in [1.82, 2.24) is 20.6 Å². The predicted molar refractivity (Wildman–Crippen MR) is 248 cm³/mol. The lowest BCUT2D eigenvalue weighted by Gasteiger charge is -2.17. The molecule has 0 aliphatic heterocycles. The summed E-state index contributed by atoms with van der Waals surface area (Å²) in [5.41, 5.74) is 4.54. The van der Waals surface area contributed by atoms with Crippen molar-refractivity contribution in [3.8, 4) is 46.3 Å². The lowest BCUT2D eigenvalue weighted by molar-refractivity contribution is 0.0937. The van der Waals surface area contributed by atoms with Crippen LogP contribution >= 0.6 is 46.4 Å². The molecule has 0 aliphatic carbocycles. The molecule has 4 aromatic carbocycles. The van der Waals surface area contributed by atoms with Crippen molar-refractivity contribution >= 4 is 58.2 Å². The van der Waals surface area contributed by atoms with Gasteiger partial charge in [-0.15, -0.1) is 0 Å². The van der Waals surface area contributed by atoms with Gasteiger partial charge in [-0.1, -0.05) is 82.8 Å². The first-order chi connectivity index (χ1) is 32.0. The molecule has 2 heterocycles. The summed E-state index contributed by atoms with van der Waals surface area (Å²) in [6.45, 7) is 0.134. The lowest BCUT2D eigenvalue weighted by atomic mass is 10.0. The van der Waals surface area contributed by atoms with Gasteiger partial charge in [-0.2, -0.15) is 10.5 Å². The van der Waals surface area contributed by atoms with E-state index in [-0.39, 0.29) is 96.9 Å². The van der Waals surface area contributed by atoms with Crippen LogP contribution in [0.25, 0.3) is 11.1 Å². The van der Waals surface area contributed by atoms with Crippen LogP contribution < -0.4 is 29.6 Å². The fourth-order valence-corrected chi connectivity index (χ4v) is 7.33. The van der Waals surface area contributed by atoms with E-state index in [2.05, 4.69) is 20.6 Å². The van der Waals surface area contributed by atoms with E-state index in [1.807, 2.05) is 24.3 Å². The highest BCUT2D eigenvalue weighted by molar-refractivity contribution is 6.37. The van der Waals surface area contributed by atoms with Crippen molar-refractivity contribution in [2.24, 2.45) is 0 Å². The van der Waals surface area contributed by atoms with Crippen molar-refractivity contribution < 1.29 is 38.7 Å². The number of aromatic nitrogens is 2. The molecule has 0 radical (unpaired) electrons. The van der Waals surface area contributed by atoms with E-state index in [1.54, 1.807) is 48.8 Å². The highest BCUT2D eigenvalue weighted by atomic mass is 35.5. The first-order valence-corrected chi connectivity index (χ1v) is 21.7.